The third-order valence-electron chi connectivity index (χ3n) is 7.77. The van der Waals surface area contributed by atoms with Crippen LogP contribution >= 0.6 is 0 Å². The Morgan fingerprint density at radius 3 is 2.49 bits per heavy atom. The second-order valence-electron chi connectivity index (χ2n) is 10.5. The molecule has 0 saturated carbocycles. The minimum absolute atomic E-state index is 0.0640. The summed E-state index contributed by atoms with van der Waals surface area (Å²) in [6, 6.07) is 25.1. The molecule has 0 radical (unpaired) electrons. The van der Waals surface area contributed by atoms with Gasteiger partial charge in [0.05, 0.1) is 25.4 Å². The fraction of sp³-hybridized carbons (Fsp3) is 0.375. The molecule has 1 amide bonds. The highest BCUT2D eigenvalue weighted by Crippen LogP contribution is 2.35. The second-order valence-corrected chi connectivity index (χ2v) is 10.5. The van der Waals surface area contributed by atoms with E-state index >= 15 is 0 Å². The van der Waals surface area contributed by atoms with Crippen molar-refractivity contribution in [1.82, 2.24) is 9.91 Å². The lowest BCUT2D eigenvalue weighted by Crippen LogP contribution is -2.42. The number of rotatable bonds is 7. The molecule has 0 spiro atoms. The summed E-state index contributed by atoms with van der Waals surface area (Å²) >= 11 is 0. The number of carbonyl (C=O) groups excluding carboxylic acids is 1. The summed E-state index contributed by atoms with van der Waals surface area (Å²) in [5, 5.41) is 6.67. The molecule has 5 heteroatoms. The van der Waals surface area contributed by atoms with Crippen LogP contribution in [0.15, 0.2) is 77.9 Å². The van der Waals surface area contributed by atoms with Gasteiger partial charge in [0.15, 0.2) is 0 Å². The average Bonchev–Trinajstić information content (AvgIpc) is 3.36. The molecule has 0 aromatic heterocycles. The Balaban J connectivity index is 1.30. The number of methoxy groups -OCH3 is 1. The van der Waals surface area contributed by atoms with Crippen molar-refractivity contribution in [3.8, 4) is 5.75 Å². The van der Waals surface area contributed by atoms with Crippen LogP contribution in [0.4, 0.5) is 0 Å². The molecule has 37 heavy (non-hydrogen) atoms. The van der Waals surface area contributed by atoms with Crippen LogP contribution in [0, 0.1) is 19.8 Å². The van der Waals surface area contributed by atoms with Gasteiger partial charge < -0.3 is 4.74 Å². The highest BCUT2D eigenvalue weighted by atomic mass is 16.5. The van der Waals surface area contributed by atoms with Gasteiger partial charge in [-0.05, 0) is 80.9 Å². The normalized spacial score (nSPS) is 18.6. The number of likely N-dealkylation sites (tertiary alicyclic amines) is 1. The van der Waals surface area contributed by atoms with Gasteiger partial charge in [-0.25, -0.2) is 5.01 Å². The topological polar surface area (TPSA) is 45.1 Å². The number of ether oxygens (including phenoxy) is 1. The van der Waals surface area contributed by atoms with Gasteiger partial charge in [-0.15, -0.1) is 0 Å². The highest BCUT2D eigenvalue weighted by molar-refractivity contribution is 6.04. The van der Waals surface area contributed by atoms with Crippen LogP contribution in [0.1, 0.15) is 53.1 Å². The van der Waals surface area contributed by atoms with E-state index in [9.17, 15) is 4.79 Å². The summed E-state index contributed by atoms with van der Waals surface area (Å²) in [7, 11) is 1.68. The van der Waals surface area contributed by atoms with Crippen LogP contribution in [-0.2, 0) is 11.2 Å². The van der Waals surface area contributed by atoms with Crippen molar-refractivity contribution in [3.63, 3.8) is 0 Å². The maximum Gasteiger partial charge on any atom is 0.257 e. The smallest absolute Gasteiger partial charge is 0.257 e. The summed E-state index contributed by atoms with van der Waals surface area (Å²) in [5.41, 5.74) is 6.97. The van der Waals surface area contributed by atoms with E-state index in [2.05, 4.69) is 73.3 Å². The second kappa shape index (κ2) is 11.3. The maximum absolute atomic E-state index is 13.7. The van der Waals surface area contributed by atoms with E-state index in [1.807, 2.05) is 18.2 Å². The lowest BCUT2D eigenvalue weighted by atomic mass is 9.90. The molecule has 5 nitrogen and oxygen atoms in total. The first-order valence-corrected chi connectivity index (χ1v) is 13.4. The average molecular weight is 496 g/mol. The van der Waals surface area contributed by atoms with Crippen LogP contribution in [0.3, 0.4) is 0 Å². The molecule has 1 fully saturated rings. The van der Waals surface area contributed by atoms with E-state index in [1.54, 1.807) is 12.1 Å². The zero-order chi connectivity index (χ0) is 25.8. The summed E-state index contributed by atoms with van der Waals surface area (Å²) in [6.07, 6.45) is 4.06. The number of hydrazone groups is 1. The van der Waals surface area contributed by atoms with Crippen LogP contribution in [0.2, 0.25) is 0 Å². The largest absolute Gasteiger partial charge is 0.497 e. The minimum atomic E-state index is -0.131. The summed E-state index contributed by atoms with van der Waals surface area (Å²) in [4.78, 5) is 16.0. The Kier molecular flexibility index (Phi) is 7.71. The van der Waals surface area contributed by atoms with Crippen molar-refractivity contribution in [1.29, 1.82) is 0 Å². The monoisotopic (exact) mass is 495 g/mol. The van der Waals surface area contributed by atoms with E-state index in [0.29, 0.717) is 18.9 Å². The highest BCUT2D eigenvalue weighted by Gasteiger charge is 2.35. The number of benzene rings is 3. The summed E-state index contributed by atoms with van der Waals surface area (Å²) in [6.45, 7) is 6.53. The van der Waals surface area contributed by atoms with Gasteiger partial charge in [-0.1, -0.05) is 66.2 Å². The van der Waals surface area contributed by atoms with Crippen molar-refractivity contribution in [3.05, 3.63) is 101 Å². The summed E-state index contributed by atoms with van der Waals surface area (Å²) in [5.74, 6) is 1.54. The van der Waals surface area contributed by atoms with Gasteiger partial charge in [0.1, 0.15) is 5.75 Å². The number of aryl methyl sites for hydroxylation is 2. The molecule has 3 aromatic carbocycles. The van der Waals surface area contributed by atoms with Crippen molar-refractivity contribution in [2.24, 2.45) is 11.0 Å². The van der Waals surface area contributed by atoms with Gasteiger partial charge in [0, 0.05) is 12.0 Å². The number of hydrogen-bond donors (Lipinski definition) is 0. The molecule has 5 rings (SSSR count). The Labute approximate surface area is 220 Å². The fourth-order valence-electron chi connectivity index (χ4n) is 5.71. The van der Waals surface area contributed by atoms with Gasteiger partial charge in [-0.3, -0.25) is 9.69 Å². The summed E-state index contributed by atoms with van der Waals surface area (Å²) < 4.78 is 5.48. The molecule has 0 bridgehead atoms. The van der Waals surface area contributed by atoms with E-state index in [4.69, 9.17) is 9.84 Å². The Hall–Kier alpha value is -3.44. The molecule has 3 aromatic rings. The molecule has 2 aliphatic rings. The quantitative estimate of drug-likeness (QED) is 0.407. The van der Waals surface area contributed by atoms with Crippen molar-refractivity contribution in [2.45, 2.75) is 45.6 Å². The fourth-order valence-corrected chi connectivity index (χ4v) is 5.71. The number of amides is 1. The van der Waals surface area contributed by atoms with Gasteiger partial charge in [0.25, 0.3) is 5.91 Å². The third kappa shape index (κ3) is 5.94. The van der Waals surface area contributed by atoms with Crippen LogP contribution in [-0.4, -0.2) is 48.3 Å². The van der Waals surface area contributed by atoms with E-state index in [-0.39, 0.29) is 11.9 Å². The molecule has 1 saturated heterocycles. The van der Waals surface area contributed by atoms with Crippen LogP contribution in [0.25, 0.3) is 0 Å². The first-order chi connectivity index (χ1) is 18.0. The van der Waals surface area contributed by atoms with Crippen LogP contribution in [0.5, 0.6) is 5.75 Å². The molecule has 2 aliphatic heterocycles. The Bertz CT molecular complexity index is 1260. The first kappa shape index (κ1) is 25.2. The van der Waals surface area contributed by atoms with Crippen molar-refractivity contribution < 1.29 is 9.53 Å². The molecule has 0 aliphatic carbocycles. The van der Waals surface area contributed by atoms with E-state index in [1.165, 1.54) is 16.7 Å². The van der Waals surface area contributed by atoms with Gasteiger partial charge in [0.2, 0.25) is 0 Å². The van der Waals surface area contributed by atoms with Crippen LogP contribution < -0.4 is 4.74 Å². The number of piperidine rings is 1. The zero-order valence-electron chi connectivity index (χ0n) is 22.2. The van der Waals surface area contributed by atoms with Crippen molar-refractivity contribution >= 4 is 11.6 Å². The first-order valence-electron chi connectivity index (χ1n) is 13.4. The molecule has 192 valence electrons. The zero-order valence-corrected chi connectivity index (χ0v) is 22.2. The molecular formula is C32H37N3O2. The lowest BCUT2D eigenvalue weighted by Gasteiger charge is -2.33. The number of carbonyl (C=O) groups is 1. The van der Waals surface area contributed by atoms with E-state index in [0.717, 1.165) is 54.9 Å². The predicted molar refractivity (Wildman–Crippen MR) is 149 cm³/mol. The third-order valence-corrected chi connectivity index (χ3v) is 7.77. The molecular weight excluding hydrogens is 458 g/mol. The standard InChI is InChI=1S/C32H37N3O2/c1-23-12-13-29(24(2)18-23)30-21-31(27-10-7-11-28(20-27)37-3)35(33-30)32(36)22-34-16-14-26(15-17-34)19-25-8-5-4-6-9-25/h4-13,18,20,26,31H,14-17,19,21-22H2,1-3H3/t31-/m0/s1. The number of hydrogen-bond acceptors (Lipinski definition) is 4. The van der Waals surface area contributed by atoms with Gasteiger partial charge >= 0.3 is 0 Å². The maximum atomic E-state index is 13.7. The minimum Gasteiger partial charge on any atom is -0.497 e. The van der Waals surface area contributed by atoms with Crippen molar-refractivity contribution in [2.75, 3.05) is 26.7 Å². The Morgan fingerprint density at radius 1 is 0.973 bits per heavy atom. The number of nitrogens with zero attached hydrogens (tertiary/aromatic N) is 3. The van der Waals surface area contributed by atoms with Gasteiger partial charge in [-0.2, -0.15) is 5.10 Å². The molecule has 0 N–H and O–H groups in total. The molecule has 1 atom stereocenters. The molecule has 0 unspecified atom stereocenters. The van der Waals surface area contributed by atoms with E-state index < -0.39 is 0 Å². The SMILES string of the molecule is COc1cccc([C@@H]2CC(c3ccc(C)cc3C)=NN2C(=O)CN2CCC(Cc3ccccc3)CC2)c1. The predicted octanol–water partition coefficient (Wildman–Crippen LogP) is 5.94. The Morgan fingerprint density at radius 2 is 1.76 bits per heavy atom. The molecule has 2 heterocycles. The lowest BCUT2D eigenvalue weighted by molar-refractivity contribution is -0.134.